The molecule has 0 spiro atoms. The number of aromatic nitrogens is 2. The van der Waals surface area contributed by atoms with E-state index in [0.717, 1.165) is 16.7 Å². The van der Waals surface area contributed by atoms with Crippen LogP contribution < -0.4 is 5.32 Å². The summed E-state index contributed by atoms with van der Waals surface area (Å²) in [6.07, 6.45) is 2.12. The minimum atomic E-state index is -0.497. The van der Waals surface area contributed by atoms with Crippen molar-refractivity contribution < 1.29 is 9.53 Å². The van der Waals surface area contributed by atoms with Gasteiger partial charge in [0.05, 0.1) is 5.69 Å². The van der Waals surface area contributed by atoms with Crippen molar-refractivity contribution >= 4 is 6.09 Å². The van der Waals surface area contributed by atoms with Gasteiger partial charge in [-0.3, -0.25) is 0 Å². The molecule has 1 aliphatic rings. The van der Waals surface area contributed by atoms with Gasteiger partial charge in [-0.25, -0.2) is 14.8 Å². The lowest BCUT2D eigenvalue weighted by atomic mass is 9.98. The molecule has 0 saturated carbocycles. The number of nitrogens with one attached hydrogen (secondary N) is 1. The zero-order valence-electron chi connectivity index (χ0n) is 13.8. The first kappa shape index (κ1) is 15.9. The zero-order chi connectivity index (χ0) is 17.8. The molecule has 0 bridgehead atoms. The third-order valence-electron chi connectivity index (χ3n) is 4.08. The van der Waals surface area contributed by atoms with E-state index in [0.29, 0.717) is 5.69 Å². The van der Waals surface area contributed by atoms with Gasteiger partial charge < -0.3 is 10.1 Å². The maximum absolute atomic E-state index is 11.8. The van der Waals surface area contributed by atoms with E-state index in [1.54, 1.807) is 12.3 Å². The number of carbonyl (C=O) groups excluding carboxylic acids is 1. The fourth-order valence-corrected chi connectivity index (χ4v) is 2.85. The molecular weight excluding hydrogens is 326 g/mol. The Morgan fingerprint density at radius 3 is 2.58 bits per heavy atom. The van der Waals surface area contributed by atoms with Crippen LogP contribution in [0.25, 0.3) is 0 Å². The molecule has 4 rings (SSSR count). The Morgan fingerprint density at radius 1 is 0.962 bits per heavy atom. The molecule has 5 nitrogen and oxygen atoms in total. The predicted octanol–water partition coefficient (Wildman–Crippen LogP) is 3.40. The Balaban J connectivity index is 1.63. The van der Waals surface area contributed by atoms with Gasteiger partial charge in [0, 0.05) is 17.3 Å². The van der Waals surface area contributed by atoms with Gasteiger partial charge in [-0.2, -0.15) is 0 Å². The van der Waals surface area contributed by atoms with E-state index in [1.165, 1.54) is 6.33 Å². The van der Waals surface area contributed by atoms with Gasteiger partial charge in [-0.1, -0.05) is 42.2 Å². The van der Waals surface area contributed by atoms with Crippen LogP contribution in [-0.4, -0.2) is 16.1 Å². The van der Waals surface area contributed by atoms with Gasteiger partial charge in [-0.15, -0.1) is 0 Å². The average molecular weight is 341 g/mol. The first-order chi connectivity index (χ1) is 12.8. The van der Waals surface area contributed by atoms with Crippen LogP contribution >= 0.6 is 0 Å². The van der Waals surface area contributed by atoms with E-state index >= 15 is 0 Å². The normalized spacial score (nSPS) is 18.4. The lowest BCUT2D eigenvalue weighted by molar-refractivity contribution is 0.129. The molecule has 0 unspecified atom stereocenters. The topological polar surface area (TPSA) is 64.1 Å². The maximum atomic E-state index is 11.8. The van der Waals surface area contributed by atoms with Gasteiger partial charge in [0.15, 0.2) is 6.10 Å². The number of ether oxygens (including phenoxy) is 1. The second-order valence-corrected chi connectivity index (χ2v) is 5.82. The highest BCUT2D eigenvalue weighted by molar-refractivity contribution is 5.71. The second kappa shape index (κ2) is 7.08. The van der Waals surface area contributed by atoms with Crippen LogP contribution in [-0.2, 0) is 4.74 Å². The molecule has 2 heterocycles. The van der Waals surface area contributed by atoms with E-state index in [1.807, 2.05) is 54.6 Å². The smallest absolute Gasteiger partial charge is 0.408 e. The molecule has 5 heteroatoms. The van der Waals surface area contributed by atoms with Crippen LogP contribution in [0.3, 0.4) is 0 Å². The van der Waals surface area contributed by atoms with E-state index in [4.69, 9.17) is 4.74 Å². The summed E-state index contributed by atoms with van der Waals surface area (Å²) in [6.45, 7) is 0. The summed E-state index contributed by atoms with van der Waals surface area (Å²) in [4.78, 5) is 19.9. The molecule has 1 N–H and O–H groups in total. The molecule has 1 saturated heterocycles. The number of alkyl carbamates (subject to hydrolysis) is 1. The van der Waals surface area contributed by atoms with Gasteiger partial charge in [0.2, 0.25) is 0 Å². The summed E-state index contributed by atoms with van der Waals surface area (Å²) < 4.78 is 5.41. The van der Waals surface area contributed by atoms with Gasteiger partial charge in [0.1, 0.15) is 12.4 Å². The minimum absolute atomic E-state index is 0.323. The van der Waals surface area contributed by atoms with Crippen LogP contribution in [0.5, 0.6) is 0 Å². The molecule has 1 fully saturated rings. The molecule has 3 aromatic rings. The molecule has 1 aromatic heterocycles. The molecule has 0 aliphatic carbocycles. The Morgan fingerprint density at radius 2 is 1.77 bits per heavy atom. The number of hydrogen-bond donors (Lipinski definition) is 1. The summed E-state index contributed by atoms with van der Waals surface area (Å²) in [5.41, 5.74) is 3.40. The SMILES string of the molecule is O=C1N[C@H](c2cccc(C#Cc3ccccc3)c2)[C@@H](c2ccncn2)O1. The summed E-state index contributed by atoms with van der Waals surface area (Å²) in [5.74, 6) is 6.30. The molecule has 0 radical (unpaired) electrons. The number of carbonyl (C=O) groups is 1. The van der Waals surface area contributed by atoms with E-state index < -0.39 is 12.2 Å². The average Bonchev–Trinajstić information content (AvgIpc) is 3.10. The van der Waals surface area contributed by atoms with Crippen molar-refractivity contribution in [1.29, 1.82) is 0 Å². The van der Waals surface area contributed by atoms with Crippen molar-refractivity contribution in [3.8, 4) is 11.8 Å². The maximum Gasteiger partial charge on any atom is 0.408 e. The van der Waals surface area contributed by atoms with Crippen LogP contribution in [0.1, 0.15) is 34.5 Å². The van der Waals surface area contributed by atoms with Crippen molar-refractivity contribution in [1.82, 2.24) is 15.3 Å². The first-order valence-corrected chi connectivity index (χ1v) is 8.20. The molecule has 126 valence electrons. The highest BCUT2D eigenvalue weighted by Gasteiger charge is 2.37. The highest BCUT2D eigenvalue weighted by Crippen LogP contribution is 2.35. The number of benzene rings is 2. The predicted molar refractivity (Wildman–Crippen MR) is 96.0 cm³/mol. The lowest BCUT2D eigenvalue weighted by Gasteiger charge is -2.16. The van der Waals surface area contributed by atoms with E-state index in [2.05, 4.69) is 27.1 Å². The van der Waals surface area contributed by atoms with Crippen LogP contribution in [0.4, 0.5) is 4.79 Å². The van der Waals surface area contributed by atoms with Crippen molar-refractivity contribution in [2.45, 2.75) is 12.1 Å². The molecule has 2 aromatic carbocycles. The minimum Gasteiger partial charge on any atom is -0.437 e. The van der Waals surface area contributed by atoms with E-state index in [-0.39, 0.29) is 6.04 Å². The largest absolute Gasteiger partial charge is 0.437 e. The number of hydrogen-bond acceptors (Lipinski definition) is 4. The summed E-state index contributed by atoms with van der Waals surface area (Å²) >= 11 is 0. The molecule has 1 aliphatic heterocycles. The van der Waals surface area contributed by atoms with Crippen molar-refractivity contribution in [2.75, 3.05) is 0 Å². The number of nitrogens with zero attached hydrogens (tertiary/aromatic N) is 2. The Bertz CT molecular complexity index is 978. The number of cyclic esters (lactones) is 1. The Kier molecular flexibility index (Phi) is 4.31. The summed E-state index contributed by atoms with van der Waals surface area (Å²) in [5, 5.41) is 2.85. The van der Waals surface area contributed by atoms with Crippen LogP contribution in [0.2, 0.25) is 0 Å². The zero-order valence-corrected chi connectivity index (χ0v) is 13.8. The molecule has 2 atom stereocenters. The molecule has 1 amide bonds. The first-order valence-electron chi connectivity index (χ1n) is 8.20. The molecular formula is C21H15N3O2. The van der Waals surface area contributed by atoms with E-state index in [9.17, 15) is 4.79 Å². The third kappa shape index (κ3) is 3.40. The van der Waals surface area contributed by atoms with Crippen molar-refractivity contribution in [3.63, 3.8) is 0 Å². The highest BCUT2D eigenvalue weighted by atomic mass is 16.6. The third-order valence-corrected chi connectivity index (χ3v) is 4.08. The van der Waals surface area contributed by atoms with Crippen LogP contribution in [0.15, 0.2) is 73.2 Å². The van der Waals surface area contributed by atoms with Crippen LogP contribution in [0, 0.1) is 11.8 Å². The van der Waals surface area contributed by atoms with Gasteiger partial charge in [0.25, 0.3) is 0 Å². The lowest BCUT2D eigenvalue weighted by Crippen LogP contribution is -2.20. The van der Waals surface area contributed by atoms with Gasteiger partial charge >= 0.3 is 6.09 Å². The quantitative estimate of drug-likeness (QED) is 0.726. The van der Waals surface area contributed by atoms with Crippen molar-refractivity contribution in [2.24, 2.45) is 0 Å². The molecule has 26 heavy (non-hydrogen) atoms. The fourth-order valence-electron chi connectivity index (χ4n) is 2.85. The monoisotopic (exact) mass is 341 g/mol. The van der Waals surface area contributed by atoms with Crippen molar-refractivity contribution in [3.05, 3.63) is 95.6 Å². The summed E-state index contributed by atoms with van der Waals surface area (Å²) in [7, 11) is 0. The Labute approximate surface area is 151 Å². The second-order valence-electron chi connectivity index (χ2n) is 5.82. The number of amides is 1. The Hall–Kier alpha value is -3.65. The fraction of sp³-hybridized carbons (Fsp3) is 0.0952. The number of rotatable bonds is 2. The van der Waals surface area contributed by atoms with Gasteiger partial charge in [-0.05, 0) is 35.9 Å². The summed E-state index contributed by atoms with van der Waals surface area (Å²) in [6, 6.07) is 19.0. The standard InChI is InChI=1S/C21H15N3O2/c25-21-24-19(20(26-21)18-11-12-22-14-23-18)17-8-4-7-16(13-17)10-9-15-5-2-1-3-6-15/h1-8,11-14,19-20H,(H,24,25)/t19-,20-/m1/s1.